The summed E-state index contributed by atoms with van der Waals surface area (Å²) in [6, 6.07) is -0.914. The summed E-state index contributed by atoms with van der Waals surface area (Å²) < 4.78 is 4.75. The lowest BCUT2D eigenvalue weighted by molar-refractivity contribution is -0.141. The van der Waals surface area contributed by atoms with E-state index in [1.165, 1.54) is 26.0 Å². The van der Waals surface area contributed by atoms with Crippen molar-refractivity contribution in [1.82, 2.24) is 10.2 Å². The van der Waals surface area contributed by atoms with Crippen LogP contribution in [0, 0.1) is 5.92 Å². The predicted molar refractivity (Wildman–Crippen MR) is 65.3 cm³/mol. The summed E-state index contributed by atoms with van der Waals surface area (Å²) in [7, 11) is 2.98. The number of aliphatic carboxylic acids is 1. The van der Waals surface area contributed by atoms with Crippen LogP contribution in [0.4, 0.5) is 4.79 Å². The van der Waals surface area contributed by atoms with Gasteiger partial charge in [-0.1, -0.05) is 0 Å². The Bertz CT molecular complexity index is 285. The summed E-state index contributed by atoms with van der Waals surface area (Å²) in [6.07, 6.45) is -0.766. The van der Waals surface area contributed by atoms with E-state index in [-0.39, 0.29) is 13.2 Å². The zero-order valence-corrected chi connectivity index (χ0v) is 11.2. The van der Waals surface area contributed by atoms with E-state index >= 15 is 0 Å². The van der Waals surface area contributed by atoms with Crippen molar-refractivity contribution in [3.63, 3.8) is 0 Å². The molecule has 106 valence electrons. The number of hydrogen-bond donors (Lipinski definition) is 3. The van der Waals surface area contributed by atoms with Crippen LogP contribution in [0.3, 0.4) is 0 Å². The van der Waals surface area contributed by atoms with Crippen molar-refractivity contribution >= 4 is 12.0 Å². The molecule has 0 aromatic rings. The van der Waals surface area contributed by atoms with Crippen molar-refractivity contribution in [2.24, 2.45) is 5.92 Å². The lowest BCUT2D eigenvalue weighted by atomic mass is 10.0. The summed E-state index contributed by atoms with van der Waals surface area (Å²) >= 11 is 0. The van der Waals surface area contributed by atoms with Crippen LogP contribution in [0.1, 0.15) is 13.8 Å². The van der Waals surface area contributed by atoms with E-state index in [9.17, 15) is 14.7 Å². The predicted octanol–water partition coefficient (Wildman–Crippen LogP) is -0.256. The highest BCUT2D eigenvalue weighted by Gasteiger charge is 2.22. The van der Waals surface area contributed by atoms with Crippen LogP contribution in [0.5, 0.6) is 0 Å². The molecule has 0 saturated carbocycles. The molecule has 0 bridgehead atoms. The molecule has 3 atom stereocenters. The molecule has 0 aliphatic rings. The number of methoxy groups -OCH3 is 1. The molecule has 0 spiro atoms. The molecule has 0 radical (unpaired) electrons. The van der Waals surface area contributed by atoms with Crippen LogP contribution in [0.2, 0.25) is 0 Å². The third-order valence-electron chi connectivity index (χ3n) is 2.68. The number of carboxylic acid groups (broad SMARTS) is 1. The number of carbonyl (C=O) groups excluding carboxylic acids is 1. The van der Waals surface area contributed by atoms with Crippen molar-refractivity contribution in [3.8, 4) is 0 Å². The monoisotopic (exact) mass is 262 g/mol. The molecule has 18 heavy (non-hydrogen) atoms. The largest absolute Gasteiger partial charge is 0.481 e. The van der Waals surface area contributed by atoms with Crippen molar-refractivity contribution in [2.75, 3.05) is 27.3 Å². The zero-order valence-electron chi connectivity index (χ0n) is 11.2. The summed E-state index contributed by atoms with van der Waals surface area (Å²) in [5, 5.41) is 20.8. The van der Waals surface area contributed by atoms with Gasteiger partial charge in [0.25, 0.3) is 0 Å². The smallest absolute Gasteiger partial charge is 0.317 e. The van der Waals surface area contributed by atoms with Gasteiger partial charge in [0.2, 0.25) is 0 Å². The van der Waals surface area contributed by atoms with Gasteiger partial charge in [0.05, 0.1) is 25.2 Å². The average Bonchev–Trinajstić information content (AvgIpc) is 2.27. The topological polar surface area (TPSA) is 99.1 Å². The fourth-order valence-electron chi connectivity index (χ4n) is 1.29. The molecule has 7 nitrogen and oxygen atoms in total. The third kappa shape index (κ3) is 5.83. The molecule has 2 amide bonds. The van der Waals surface area contributed by atoms with Gasteiger partial charge in [0.15, 0.2) is 0 Å². The first-order valence-electron chi connectivity index (χ1n) is 5.71. The maximum Gasteiger partial charge on any atom is 0.317 e. The van der Waals surface area contributed by atoms with Gasteiger partial charge in [-0.05, 0) is 13.8 Å². The Balaban J connectivity index is 4.19. The van der Waals surface area contributed by atoms with Gasteiger partial charge < -0.3 is 25.2 Å². The number of urea groups is 1. The van der Waals surface area contributed by atoms with Crippen LogP contribution >= 0.6 is 0 Å². The maximum absolute atomic E-state index is 11.7. The number of carboxylic acids is 1. The number of nitrogens with zero attached hydrogens (tertiary/aromatic N) is 1. The Labute approximate surface area is 107 Å². The lowest BCUT2D eigenvalue weighted by Crippen LogP contribution is -2.48. The SMILES string of the molecule is COCC(O)CN(C)C(=O)NC(C)C(C)C(=O)O. The molecule has 0 aliphatic carbocycles. The van der Waals surface area contributed by atoms with Crippen molar-refractivity contribution in [2.45, 2.75) is 26.0 Å². The van der Waals surface area contributed by atoms with Crippen molar-refractivity contribution in [3.05, 3.63) is 0 Å². The van der Waals surface area contributed by atoms with E-state index in [0.717, 1.165) is 0 Å². The minimum absolute atomic E-state index is 0.119. The van der Waals surface area contributed by atoms with E-state index in [4.69, 9.17) is 9.84 Å². The number of likely N-dealkylation sites (N-methyl/N-ethyl adjacent to an activating group) is 1. The molecule has 0 aromatic carbocycles. The van der Waals surface area contributed by atoms with Crippen LogP contribution in [-0.2, 0) is 9.53 Å². The number of aliphatic hydroxyl groups excluding tert-OH is 1. The van der Waals surface area contributed by atoms with Crippen molar-refractivity contribution < 1.29 is 24.5 Å². The quantitative estimate of drug-likeness (QED) is 0.587. The number of aliphatic hydroxyl groups is 1. The van der Waals surface area contributed by atoms with Gasteiger partial charge >= 0.3 is 12.0 Å². The first kappa shape index (κ1) is 16.7. The van der Waals surface area contributed by atoms with E-state index in [1.807, 2.05) is 0 Å². The van der Waals surface area contributed by atoms with E-state index in [2.05, 4.69) is 5.32 Å². The molecule has 0 saturated heterocycles. The van der Waals surface area contributed by atoms with Crippen molar-refractivity contribution in [1.29, 1.82) is 0 Å². The Kier molecular flexibility index (Phi) is 7.30. The van der Waals surface area contributed by atoms with Gasteiger partial charge in [-0.2, -0.15) is 0 Å². The third-order valence-corrected chi connectivity index (χ3v) is 2.68. The Morgan fingerprint density at radius 3 is 2.39 bits per heavy atom. The first-order valence-corrected chi connectivity index (χ1v) is 5.71. The summed E-state index contributed by atoms with van der Waals surface area (Å²) in [5.41, 5.74) is 0. The normalized spacial score (nSPS) is 15.6. The highest BCUT2D eigenvalue weighted by Crippen LogP contribution is 2.03. The number of amides is 2. The minimum Gasteiger partial charge on any atom is -0.481 e. The second kappa shape index (κ2) is 7.88. The number of hydrogen-bond acceptors (Lipinski definition) is 4. The van der Waals surface area contributed by atoms with Crippen LogP contribution in [0.25, 0.3) is 0 Å². The molecule has 3 N–H and O–H groups in total. The van der Waals surface area contributed by atoms with E-state index in [1.54, 1.807) is 6.92 Å². The van der Waals surface area contributed by atoms with Gasteiger partial charge in [-0.15, -0.1) is 0 Å². The molecular formula is C11H22N2O5. The molecular weight excluding hydrogens is 240 g/mol. The summed E-state index contributed by atoms with van der Waals surface area (Å²) in [4.78, 5) is 23.7. The minimum atomic E-state index is -0.968. The molecule has 0 heterocycles. The van der Waals surface area contributed by atoms with Gasteiger partial charge in [-0.3, -0.25) is 4.79 Å². The fraction of sp³-hybridized carbons (Fsp3) is 0.818. The zero-order chi connectivity index (χ0) is 14.3. The summed E-state index contributed by atoms with van der Waals surface area (Å²) in [5.74, 6) is -1.64. The second-order valence-corrected chi connectivity index (χ2v) is 4.35. The van der Waals surface area contributed by atoms with Crippen LogP contribution in [0.15, 0.2) is 0 Å². The molecule has 0 rings (SSSR count). The Hall–Kier alpha value is -1.34. The average molecular weight is 262 g/mol. The van der Waals surface area contributed by atoms with Crippen LogP contribution < -0.4 is 5.32 Å². The highest BCUT2D eigenvalue weighted by molar-refractivity contribution is 5.76. The second-order valence-electron chi connectivity index (χ2n) is 4.35. The fourth-order valence-corrected chi connectivity index (χ4v) is 1.29. The Morgan fingerprint density at radius 2 is 1.94 bits per heavy atom. The van der Waals surface area contributed by atoms with Gasteiger partial charge in [0, 0.05) is 20.2 Å². The molecule has 0 aromatic heterocycles. The first-order chi connectivity index (χ1) is 8.29. The lowest BCUT2D eigenvalue weighted by Gasteiger charge is -2.24. The molecule has 0 fully saturated rings. The molecule has 0 aliphatic heterocycles. The number of carbonyl (C=O) groups is 2. The Morgan fingerprint density at radius 1 is 1.39 bits per heavy atom. The van der Waals surface area contributed by atoms with Gasteiger partial charge in [-0.25, -0.2) is 4.79 Å². The van der Waals surface area contributed by atoms with E-state index in [0.29, 0.717) is 0 Å². The molecule has 7 heteroatoms. The number of nitrogens with one attached hydrogen (secondary N) is 1. The van der Waals surface area contributed by atoms with Gasteiger partial charge in [0.1, 0.15) is 0 Å². The molecule has 3 unspecified atom stereocenters. The maximum atomic E-state index is 11.7. The number of ether oxygens (including phenoxy) is 1. The van der Waals surface area contributed by atoms with E-state index < -0.39 is 30.1 Å². The standard InChI is InChI=1S/C11H22N2O5/c1-7(10(15)16)8(2)12-11(17)13(3)5-9(14)6-18-4/h7-9,14H,5-6H2,1-4H3,(H,12,17)(H,15,16). The van der Waals surface area contributed by atoms with Crippen LogP contribution in [-0.4, -0.2) is 66.6 Å². The summed E-state index contributed by atoms with van der Waals surface area (Å²) in [6.45, 7) is 3.40. The highest BCUT2D eigenvalue weighted by atomic mass is 16.5. The number of rotatable bonds is 7.